The number of ether oxygens (including phenoxy) is 2. The van der Waals surface area contributed by atoms with Crippen molar-refractivity contribution in [2.24, 2.45) is 7.05 Å². The van der Waals surface area contributed by atoms with Gasteiger partial charge in [-0.15, -0.1) is 0 Å². The van der Waals surface area contributed by atoms with Gasteiger partial charge in [-0.1, -0.05) is 24.3 Å². The Hall–Kier alpha value is -3.48. The zero-order valence-electron chi connectivity index (χ0n) is 16.3. The first-order valence-corrected chi connectivity index (χ1v) is 8.88. The maximum absolute atomic E-state index is 12.9. The molecular formula is C21H23N3O4. The smallest absolute Gasteiger partial charge is 0.295 e. The van der Waals surface area contributed by atoms with Crippen LogP contribution in [-0.2, 0) is 11.8 Å². The van der Waals surface area contributed by atoms with Gasteiger partial charge in [0.15, 0.2) is 6.10 Å². The Morgan fingerprint density at radius 1 is 1.07 bits per heavy atom. The number of aromatic nitrogens is 2. The number of benzene rings is 2. The predicted molar refractivity (Wildman–Crippen MR) is 107 cm³/mol. The molecule has 0 saturated carbocycles. The van der Waals surface area contributed by atoms with Crippen molar-refractivity contribution in [2.75, 3.05) is 12.4 Å². The Kier molecular flexibility index (Phi) is 5.54. The number of hydrogen-bond donors (Lipinski definition) is 1. The Labute approximate surface area is 163 Å². The van der Waals surface area contributed by atoms with Gasteiger partial charge in [0.25, 0.3) is 11.5 Å². The summed E-state index contributed by atoms with van der Waals surface area (Å²) in [6, 6.07) is 16.3. The van der Waals surface area contributed by atoms with Crippen LogP contribution in [0.15, 0.2) is 59.4 Å². The number of nitrogens with one attached hydrogen (secondary N) is 1. The molecule has 1 N–H and O–H groups in total. The van der Waals surface area contributed by atoms with Crippen LogP contribution in [0.4, 0.5) is 5.69 Å². The summed E-state index contributed by atoms with van der Waals surface area (Å²) in [5.74, 6) is 0.733. The zero-order valence-corrected chi connectivity index (χ0v) is 16.3. The van der Waals surface area contributed by atoms with E-state index < -0.39 is 12.0 Å². The Balaban J connectivity index is 1.81. The van der Waals surface area contributed by atoms with E-state index in [-0.39, 0.29) is 11.2 Å². The maximum Gasteiger partial charge on any atom is 0.295 e. The Morgan fingerprint density at radius 3 is 2.43 bits per heavy atom. The molecule has 7 nitrogen and oxygen atoms in total. The number of methoxy groups -OCH3 is 1. The van der Waals surface area contributed by atoms with Crippen LogP contribution in [0.3, 0.4) is 0 Å². The molecule has 3 aromatic rings. The first-order valence-electron chi connectivity index (χ1n) is 8.88. The molecule has 7 heteroatoms. The molecule has 1 amide bonds. The number of nitrogens with zero attached hydrogens (tertiary/aromatic N) is 2. The summed E-state index contributed by atoms with van der Waals surface area (Å²) >= 11 is 0. The molecule has 0 radical (unpaired) electrons. The lowest BCUT2D eigenvalue weighted by Gasteiger charge is -2.14. The van der Waals surface area contributed by atoms with Gasteiger partial charge in [-0.2, -0.15) is 0 Å². The summed E-state index contributed by atoms with van der Waals surface area (Å²) in [5.41, 5.74) is 1.31. The lowest BCUT2D eigenvalue weighted by molar-refractivity contribution is -0.122. The number of rotatable bonds is 6. The number of hydrogen-bond acceptors (Lipinski definition) is 4. The van der Waals surface area contributed by atoms with Crippen molar-refractivity contribution in [1.82, 2.24) is 9.36 Å². The van der Waals surface area contributed by atoms with Crippen molar-refractivity contribution in [3.8, 4) is 17.2 Å². The van der Waals surface area contributed by atoms with Crippen molar-refractivity contribution in [2.45, 2.75) is 20.0 Å². The Bertz CT molecular complexity index is 1040. The zero-order chi connectivity index (χ0) is 20.3. The Morgan fingerprint density at radius 2 is 1.75 bits per heavy atom. The predicted octanol–water partition coefficient (Wildman–Crippen LogP) is 2.90. The van der Waals surface area contributed by atoms with E-state index in [2.05, 4.69) is 5.32 Å². The van der Waals surface area contributed by atoms with Crippen LogP contribution in [0.25, 0.3) is 5.69 Å². The van der Waals surface area contributed by atoms with Crippen molar-refractivity contribution >= 4 is 11.6 Å². The molecule has 0 aliphatic heterocycles. The van der Waals surface area contributed by atoms with Crippen LogP contribution in [0, 0.1) is 6.92 Å². The van der Waals surface area contributed by atoms with Crippen molar-refractivity contribution in [3.63, 3.8) is 0 Å². The fraction of sp³-hybridized carbons (Fsp3) is 0.238. The minimum atomic E-state index is -0.795. The molecule has 1 aromatic heterocycles. The summed E-state index contributed by atoms with van der Waals surface area (Å²) in [4.78, 5) is 25.5. The molecule has 0 bridgehead atoms. The molecule has 1 atom stereocenters. The van der Waals surface area contributed by atoms with Crippen LogP contribution in [-0.4, -0.2) is 28.5 Å². The van der Waals surface area contributed by atoms with E-state index in [0.717, 1.165) is 5.69 Å². The molecule has 0 aliphatic carbocycles. The molecule has 146 valence electrons. The molecule has 1 unspecified atom stereocenters. The highest BCUT2D eigenvalue weighted by molar-refractivity contribution is 5.94. The van der Waals surface area contributed by atoms with E-state index >= 15 is 0 Å². The minimum absolute atomic E-state index is 0.234. The van der Waals surface area contributed by atoms with Crippen LogP contribution in [0.2, 0.25) is 0 Å². The molecule has 0 saturated heterocycles. The van der Waals surface area contributed by atoms with Crippen LogP contribution >= 0.6 is 0 Å². The van der Waals surface area contributed by atoms with E-state index in [4.69, 9.17) is 9.47 Å². The first-order chi connectivity index (χ1) is 13.4. The standard InChI is InChI=1S/C21H23N3O4/c1-14-19(21(26)24(23(14)3)16-9-6-5-7-10-16)22-20(25)15(2)28-18-12-8-11-17(13-18)27-4/h5-13,15H,1-4H3,(H,22,25). The highest BCUT2D eigenvalue weighted by Crippen LogP contribution is 2.20. The van der Waals surface area contributed by atoms with Gasteiger partial charge in [-0.05, 0) is 38.1 Å². The normalized spacial score (nSPS) is 11.7. The van der Waals surface area contributed by atoms with E-state index in [0.29, 0.717) is 17.2 Å². The fourth-order valence-corrected chi connectivity index (χ4v) is 2.87. The van der Waals surface area contributed by atoms with Gasteiger partial charge in [0.2, 0.25) is 0 Å². The average molecular weight is 381 g/mol. The second-order valence-corrected chi connectivity index (χ2v) is 6.36. The lowest BCUT2D eigenvalue weighted by atomic mass is 10.3. The van der Waals surface area contributed by atoms with Crippen molar-refractivity contribution in [3.05, 3.63) is 70.6 Å². The average Bonchev–Trinajstić information content (AvgIpc) is 2.92. The van der Waals surface area contributed by atoms with Crippen LogP contribution in [0.1, 0.15) is 12.6 Å². The van der Waals surface area contributed by atoms with Crippen LogP contribution < -0.4 is 20.3 Å². The topological polar surface area (TPSA) is 74.5 Å². The largest absolute Gasteiger partial charge is 0.497 e. The van der Waals surface area contributed by atoms with Gasteiger partial charge >= 0.3 is 0 Å². The minimum Gasteiger partial charge on any atom is -0.497 e. The van der Waals surface area contributed by atoms with Gasteiger partial charge in [-0.3, -0.25) is 14.3 Å². The number of carbonyl (C=O) groups is 1. The molecule has 0 aliphatic rings. The monoisotopic (exact) mass is 381 g/mol. The molecule has 1 heterocycles. The molecule has 3 rings (SSSR count). The van der Waals surface area contributed by atoms with Crippen LogP contribution in [0.5, 0.6) is 11.5 Å². The van der Waals surface area contributed by atoms with E-state index in [9.17, 15) is 9.59 Å². The second-order valence-electron chi connectivity index (χ2n) is 6.36. The number of anilines is 1. The highest BCUT2D eigenvalue weighted by Gasteiger charge is 2.22. The molecule has 2 aromatic carbocycles. The molecule has 28 heavy (non-hydrogen) atoms. The van der Waals surface area contributed by atoms with E-state index in [1.165, 1.54) is 4.68 Å². The quantitative estimate of drug-likeness (QED) is 0.712. The summed E-state index contributed by atoms with van der Waals surface area (Å²) in [5, 5.41) is 2.71. The van der Waals surface area contributed by atoms with E-state index in [1.54, 1.807) is 57.0 Å². The van der Waals surface area contributed by atoms with Gasteiger partial charge in [0.05, 0.1) is 18.5 Å². The number of amides is 1. The van der Waals surface area contributed by atoms with Crippen molar-refractivity contribution < 1.29 is 14.3 Å². The summed E-state index contributed by atoms with van der Waals surface area (Å²) in [6.07, 6.45) is -0.795. The lowest BCUT2D eigenvalue weighted by Crippen LogP contribution is -2.32. The van der Waals surface area contributed by atoms with E-state index in [1.807, 2.05) is 30.3 Å². The third kappa shape index (κ3) is 3.78. The van der Waals surface area contributed by atoms with Gasteiger partial charge < -0.3 is 14.8 Å². The third-order valence-electron chi connectivity index (χ3n) is 4.53. The first kappa shape index (κ1) is 19.3. The number of para-hydroxylation sites is 1. The molecular weight excluding hydrogens is 358 g/mol. The summed E-state index contributed by atoms with van der Waals surface area (Å²) in [7, 11) is 3.33. The van der Waals surface area contributed by atoms with Crippen molar-refractivity contribution in [1.29, 1.82) is 0 Å². The molecule has 0 spiro atoms. The summed E-state index contributed by atoms with van der Waals surface area (Å²) < 4.78 is 14.1. The highest BCUT2D eigenvalue weighted by atomic mass is 16.5. The second kappa shape index (κ2) is 8.04. The van der Waals surface area contributed by atoms with Gasteiger partial charge in [0.1, 0.15) is 17.2 Å². The third-order valence-corrected chi connectivity index (χ3v) is 4.53. The SMILES string of the molecule is COc1cccc(OC(C)C(=O)Nc2c(C)n(C)n(-c3ccccc3)c2=O)c1. The summed E-state index contributed by atoms with van der Waals surface area (Å²) in [6.45, 7) is 3.41. The number of carbonyl (C=O) groups excluding carboxylic acids is 1. The van der Waals surface area contributed by atoms with Gasteiger partial charge in [0, 0.05) is 13.1 Å². The van der Waals surface area contributed by atoms with Gasteiger partial charge in [-0.25, -0.2) is 4.68 Å². The molecule has 0 fully saturated rings. The maximum atomic E-state index is 12.9. The fourth-order valence-electron chi connectivity index (χ4n) is 2.87.